The fourth-order valence-corrected chi connectivity index (χ4v) is 2.96. The highest BCUT2D eigenvalue weighted by molar-refractivity contribution is 5.95. The van der Waals surface area contributed by atoms with Gasteiger partial charge >= 0.3 is 0 Å². The molecule has 0 aliphatic carbocycles. The topological polar surface area (TPSA) is 98.5 Å². The molecule has 0 bridgehead atoms. The summed E-state index contributed by atoms with van der Waals surface area (Å²) in [6.07, 6.45) is 1.43. The number of hydrogen-bond acceptors (Lipinski definition) is 6. The number of benzene rings is 1. The van der Waals surface area contributed by atoms with Gasteiger partial charge in [0.25, 0.3) is 11.6 Å². The molecule has 1 aliphatic rings. The van der Waals surface area contributed by atoms with E-state index < -0.39 is 4.92 Å². The Balaban J connectivity index is 1.70. The number of ether oxygens (including phenoxy) is 1. The number of aryl methyl sites for hydroxylation is 2. The summed E-state index contributed by atoms with van der Waals surface area (Å²) in [7, 11) is 0. The summed E-state index contributed by atoms with van der Waals surface area (Å²) < 4.78 is 5.83. The second kappa shape index (κ2) is 7.47. The number of aromatic nitrogens is 2. The molecule has 2 heterocycles. The molecular formula is C18H20N4O4. The number of nitro benzene ring substituents is 1. The van der Waals surface area contributed by atoms with Crippen molar-refractivity contribution in [3.05, 3.63) is 57.3 Å². The molecule has 3 rings (SSSR count). The van der Waals surface area contributed by atoms with E-state index in [9.17, 15) is 14.9 Å². The van der Waals surface area contributed by atoms with Crippen LogP contribution in [0.3, 0.4) is 0 Å². The first-order valence-corrected chi connectivity index (χ1v) is 8.45. The van der Waals surface area contributed by atoms with Crippen molar-refractivity contribution in [3.8, 4) is 5.88 Å². The highest BCUT2D eigenvalue weighted by atomic mass is 16.6. The smallest absolute Gasteiger partial charge is 0.273 e. The van der Waals surface area contributed by atoms with E-state index in [0.29, 0.717) is 30.1 Å². The zero-order valence-corrected chi connectivity index (χ0v) is 14.7. The second-order valence-corrected chi connectivity index (χ2v) is 6.40. The van der Waals surface area contributed by atoms with E-state index in [2.05, 4.69) is 10.2 Å². The van der Waals surface area contributed by atoms with Gasteiger partial charge in [0.15, 0.2) is 0 Å². The first-order valence-electron chi connectivity index (χ1n) is 8.45. The Morgan fingerprint density at radius 1 is 1.27 bits per heavy atom. The van der Waals surface area contributed by atoms with Gasteiger partial charge in [0.05, 0.1) is 17.2 Å². The van der Waals surface area contributed by atoms with Crippen LogP contribution in [0.25, 0.3) is 0 Å². The van der Waals surface area contributed by atoms with E-state index in [-0.39, 0.29) is 17.7 Å². The molecule has 2 aromatic rings. The number of nitro groups is 1. The van der Waals surface area contributed by atoms with Crippen LogP contribution in [0.15, 0.2) is 30.3 Å². The van der Waals surface area contributed by atoms with Crippen LogP contribution in [-0.4, -0.2) is 45.1 Å². The summed E-state index contributed by atoms with van der Waals surface area (Å²) in [6.45, 7) is 4.51. The zero-order valence-electron chi connectivity index (χ0n) is 14.7. The number of carbonyl (C=O) groups is 1. The molecule has 8 nitrogen and oxygen atoms in total. The third kappa shape index (κ3) is 3.96. The Kier molecular flexibility index (Phi) is 5.11. The summed E-state index contributed by atoms with van der Waals surface area (Å²) >= 11 is 0. The predicted molar refractivity (Wildman–Crippen MR) is 94.2 cm³/mol. The molecule has 1 aromatic carbocycles. The van der Waals surface area contributed by atoms with Crippen molar-refractivity contribution in [3.63, 3.8) is 0 Å². The molecule has 1 aliphatic heterocycles. The Morgan fingerprint density at radius 3 is 2.77 bits per heavy atom. The maximum Gasteiger partial charge on any atom is 0.273 e. The van der Waals surface area contributed by atoms with Crippen LogP contribution in [0.1, 0.15) is 34.5 Å². The molecule has 8 heteroatoms. The zero-order chi connectivity index (χ0) is 18.7. The van der Waals surface area contributed by atoms with Crippen LogP contribution in [0, 0.1) is 24.0 Å². The molecule has 0 spiro atoms. The number of hydrogen-bond donors (Lipinski definition) is 0. The van der Waals surface area contributed by atoms with Gasteiger partial charge < -0.3 is 9.64 Å². The predicted octanol–water partition coefficient (Wildman–Crippen LogP) is 2.69. The van der Waals surface area contributed by atoms with E-state index in [4.69, 9.17) is 4.74 Å². The molecule has 1 aromatic heterocycles. The lowest BCUT2D eigenvalue weighted by atomic mass is 10.0. The van der Waals surface area contributed by atoms with Gasteiger partial charge in [0, 0.05) is 29.8 Å². The Hall–Kier alpha value is -3.03. The molecule has 0 saturated carbocycles. The summed E-state index contributed by atoms with van der Waals surface area (Å²) in [6, 6.07) is 8.14. The standard InChI is InChI=1S/C18H20N4O4/c1-12-5-7-14(10-16(12)22(24)25)18(23)21-9-3-4-15(11-21)26-17-8-6-13(2)19-20-17/h5-8,10,15H,3-4,9,11H2,1-2H3. The SMILES string of the molecule is Cc1ccc(OC2CCCN(C(=O)c3ccc(C)c([N+](=O)[O-])c3)C2)nn1. The lowest BCUT2D eigenvalue weighted by Gasteiger charge is -2.32. The maximum atomic E-state index is 12.7. The van der Waals surface area contributed by atoms with Crippen molar-refractivity contribution in [2.75, 3.05) is 13.1 Å². The Morgan fingerprint density at radius 2 is 2.08 bits per heavy atom. The van der Waals surface area contributed by atoms with Gasteiger partial charge in [-0.25, -0.2) is 0 Å². The number of rotatable bonds is 4. The van der Waals surface area contributed by atoms with Gasteiger partial charge in [-0.1, -0.05) is 6.07 Å². The molecule has 26 heavy (non-hydrogen) atoms. The normalized spacial score (nSPS) is 17.0. The molecule has 1 fully saturated rings. The highest BCUT2D eigenvalue weighted by Gasteiger charge is 2.27. The van der Waals surface area contributed by atoms with Gasteiger partial charge in [-0.15, -0.1) is 5.10 Å². The van der Waals surface area contributed by atoms with Gasteiger partial charge in [-0.3, -0.25) is 14.9 Å². The number of likely N-dealkylation sites (tertiary alicyclic amines) is 1. The molecule has 0 radical (unpaired) electrons. The summed E-state index contributed by atoms with van der Waals surface area (Å²) in [4.78, 5) is 25.1. The quantitative estimate of drug-likeness (QED) is 0.617. The van der Waals surface area contributed by atoms with Crippen LogP contribution in [0.5, 0.6) is 5.88 Å². The van der Waals surface area contributed by atoms with Crippen molar-refractivity contribution in [2.45, 2.75) is 32.8 Å². The molecule has 1 amide bonds. The first kappa shape index (κ1) is 17.8. The molecular weight excluding hydrogens is 336 g/mol. The highest BCUT2D eigenvalue weighted by Crippen LogP contribution is 2.22. The van der Waals surface area contributed by atoms with E-state index >= 15 is 0 Å². The average Bonchev–Trinajstić information content (AvgIpc) is 2.63. The fraction of sp³-hybridized carbons (Fsp3) is 0.389. The molecule has 1 unspecified atom stereocenters. The van der Waals surface area contributed by atoms with Crippen molar-refractivity contribution >= 4 is 11.6 Å². The molecule has 1 atom stereocenters. The van der Waals surface area contributed by atoms with Crippen LogP contribution >= 0.6 is 0 Å². The molecule has 1 saturated heterocycles. The van der Waals surface area contributed by atoms with Crippen LogP contribution in [-0.2, 0) is 0 Å². The van der Waals surface area contributed by atoms with Gasteiger partial charge in [0.2, 0.25) is 5.88 Å². The maximum absolute atomic E-state index is 12.7. The van der Waals surface area contributed by atoms with Gasteiger partial charge in [-0.2, -0.15) is 5.10 Å². The minimum absolute atomic E-state index is 0.0458. The largest absolute Gasteiger partial charge is 0.471 e. The van der Waals surface area contributed by atoms with Crippen molar-refractivity contribution in [2.24, 2.45) is 0 Å². The van der Waals surface area contributed by atoms with E-state index in [1.807, 2.05) is 13.0 Å². The number of amides is 1. The molecule has 0 N–H and O–H groups in total. The second-order valence-electron chi connectivity index (χ2n) is 6.40. The Bertz CT molecular complexity index is 822. The van der Waals surface area contributed by atoms with E-state index in [1.54, 1.807) is 30.0 Å². The number of nitrogens with zero attached hydrogens (tertiary/aromatic N) is 4. The third-order valence-corrected chi connectivity index (χ3v) is 4.38. The van der Waals surface area contributed by atoms with Crippen molar-refractivity contribution in [1.29, 1.82) is 0 Å². The van der Waals surface area contributed by atoms with Crippen molar-refractivity contribution in [1.82, 2.24) is 15.1 Å². The van der Waals surface area contributed by atoms with Crippen LogP contribution in [0.4, 0.5) is 5.69 Å². The number of carbonyl (C=O) groups excluding carboxylic acids is 1. The monoisotopic (exact) mass is 356 g/mol. The number of piperidine rings is 1. The van der Waals surface area contributed by atoms with E-state index in [0.717, 1.165) is 18.5 Å². The third-order valence-electron chi connectivity index (χ3n) is 4.38. The van der Waals surface area contributed by atoms with E-state index in [1.165, 1.54) is 6.07 Å². The van der Waals surface area contributed by atoms with Crippen molar-refractivity contribution < 1.29 is 14.5 Å². The fourth-order valence-electron chi connectivity index (χ4n) is 2.96. The minimum Gasteiger partial charge on any atom is -0.471 e. The van der Waals surface area contributed by atoms with Gasteiger partial charge in [-0.05, 0) is 38.8 Å². The first-order chi connectivity index (χ1) is 12.4. The van der Waals surface area contributed by atoms with Crippen LogP contribution < -0.4 is 4.74 Å². The lowest BCUT2D eigenvalue weighted by Crippen LogP contribution is -2.44. The average molecular weight is 356 g/mol. The Labute approximate surface area is 150 Å². The van der Waals surface area contributed by atoms with Gasteiger partial charge in [0.1, 0.15) is 6.10 Å². The summed E-state index contributed by atoms with van der Waals surface area (Å²) in [5.74, 6) is 0.206. The summed E-state index contributed by atoms with van der Waals surface area (Å²) in [5.41, 5.74) is 1.61. The lowest BCUT2D eigenvalue weighted by molar-refractivity contribution is -0.385. The summed E-state index contributed by atoms with van der Waals surface area (Å²) in [5, 5.41) is 19.1. The minimum atomic E-state index is -0.468. The molecule has 136 valence electrons. The van der Waals surface area contributed by atoms with Crippen LogP contribution in [0.2, 0.25) is 0 Å².